The van der Waals surface area contributed by atoms with Crippen LogP contribution in [-0.4, -0.2) is 5.78 Å². The summed E-state index contributed by atoms with van der Waals surface area (Å²) in [5.74, 6) is -2.62. The van der Waals surface area contributed by atoms with Crippen LogP contribution in [-0.2, 0) is 0 Å². The van der Waals surface area contributed by atoms with E-state index in [2.05, 4.69) is 31.9 Å². The third-order valence-corrected chi connectivity index (χ3v) is 3.98. The number of ketones is 1. The molecule has 0 aliphatic rings. The molecule has 0 aliphatic carbocycles. The molecule has 0 unspecified atom stereocenters. The Balaban J connectivity index is 2.63. The Morgan fingerprint density at radius 3 is 2.37 bits per heavy atom. The van der Waals surface area contributed by atoms with Gasteiger partial charge in [-0.2, -0.15) is 0 Å². The second-order valence-electron chi connectivity index (χ2n) is 3.67. The highest BCUT2D eigenvalue weighted by molar-refractivity contribution is 9.10. The molecule has 2 aromatic rings. The molecule has 0 aromatic heterocycles. The number of carbonyl (C=O) groups is 1. The van der Waals surface area contributed by atoms with Crippen LogP contribution in [0, 0.1) is 11.6 Å². The van der Waals surface area contributed by atoms with E-state index in [-0.39, 0.29) is 10.0 Å². The Bertz CT molecular complexity index is 674. The van der Waals surface area contributed by atoms with Crippen LogP contribution in [0.25, 0.3) is 0 Å². The maximum Gasteiger partial charge on any atom is 0.200 e. The molecule has 0 N–H and O–H groups in total. The summed E-state index contributed by atoms with van der Waals surface area (Å²) < 4.78 is 28.0. The Hall–Kier alpha value is -0.780. The summed E-state index contributed by atoms with van der Waals surface area (Å²) in [6.07, 6.45) is 0. The number of halogens is 5. The third-order valence-electron chi connectivity index (χ3n) is 2.44. The lowest BCUT2D eigenvalue weighted by Crippen LogP contribution is -2.09. The molecule has 1 nitrogen and oxygen atoms in total. The maximum absolute atomic E-state index is 13.9. The van der Waals surface area contributed by atoms with Crippen LogP contribution >= 0.6 is 43.5 Å². The molecular weight excluding hydrogens is 405 g/mol. The molecule has 0 radical (unpaired) electrons. The Labute approximate surface area is 129 Å². The van der Waals surface area contributed by atoms with Gasteiger partial charge in [0.1, 0.15) is 5.82 Å². The van der Waals surface area contributed by atoms with Gasteiger partial charge in [0.15, 0.2) is 11.6 Å². The van der Waals surface area contributed by atoms with Crippen molar-refractivity contribution in [3.8, 4) is 0 Å². The lowest BCUT2D eigenvalue weighted by atomic mass is 10.0. The fraction of sp³-hybridized carbons (Fsp3) is 0. The summed E-state index contributed by atoms with van der Waals surface area (Å²) in [5.41, 5.74) is -0.513. The lowest BCUT2D eigenvalue weighted by molar-refractivity contribution is 0.103. The van der Waals surface area contributed by atoms with Gasteiger partial charge in [-0.15, -0.1) is 0 Å². The number of hydrogen-bond acceptors (Lipinski definition) is 1. The second-order valence-corrected chi connectivity index (χ2v) is 5.82. The van der Waals surface area contributed by atoms with Gasteiger partial charge in [-0.05, 0) is 46.3 Å². The van der Waals surface area contributed by atoms with Gasteiger partial charge in [-0.25, -0.2) is 8.78 Å². The maximum atomic E-state index is 13.9. The molecule has 0 saturated carbocycles. The highest BCUT2D eigenvalue weighted by atomic mass is 79.9. The van der Waals surface area contributed by atoms with Crippen LogP contribution < -0.4 is 0 Å². The van der Waals surface area contributed by atoms with Gasteiger partial charge < -0.3 is 0 Å². The van der Waals surface area contributed by atoms with Crippen LogP contribution in [0.15, 0.2) is 39.3 Å². The number of hydrogen-bond donors (Lipinski definition) is 0. The van der Waals surface area contributed by atoms with E-state index in [1.54, 1.807) is 12.1 Å². The molecule has 98 valence electrons. The fourth-order valence-electron chi connectivity index (χ4n) is 1.54. The molecule has 6 heteroatoms. The predicted molar refractivity (Wildman–Crippen MR) is 76.6 cm³/mol. The molecule has 2 rings (SSSR count). The zero-order valence-corrected chi connectivity index (χ0v) is 13.1. The van der Waals surface area contributed by atoms with Crippen molar-refractivity contribution in [1.82, 2.24) is 0 Å². The largest absolute Gasteiger partial charge is 0.288 e. The number of rotatable bonds is 2. The minimum atomic E-state index is -0.933. The lowest BCUT2D eigenvalue weighted by Gasteiger charge is -2.08. The molecule has 0 atom stereocenters. The summed E-state index contributed by atoms with van der Waals surface area (Å²) >= 11 is 11.9. The van der Waals surface area contributed by atoms with Crippen molar-refractivity contribution in [2.24, 2.45) is 0 Å². The highest BCUT2D eigenvalue weighted by Crippen LogP contribution is 2.28. The second kappa shape index (κ2) is 5.69. The first-order valence-electron chi connectivity index (χ1n) is 5.05. The first-order chi connectivity index (χ1) is 8.91. The summed E-state index contributed by atoms with van der Waals surface area (Å²) in [6.45, 7) is 0. The summed E-state index contributed by atoms with van der Waals surface area (Å²) in [4.78, 5) is 12.2. The predicted octanol–water partition coefficient (Wildman–Crippen LogP) is 5.37. The van der Waals surface area contributed by atoms with Crippen LogP contribution in [0.3, 0.4) is 0 Å². The van der Waals surface area contributed by atoms with Crippen molar-refractivity contribution in [2.45, 2.75) is 0 Å². The topological polar surface area (TPSA) is 17.1 Å². The summed E-state index contributed by atoms with van der Waals surface area (Å²) in [6, 6.07) is 6.69. The molecule has 0 bridgehead atoms. The van der Waals surface area contributed by atoms with Gasteiger partial charge in [-0.1, -0.05) is 27.5 Å². The smallest absolute Gasteiger partial charge is 0.200 e. The molecule has 0 aliphatic heterocycles. The molecule has 0 amide bonds. The van der Waals surface area contributed by atoms with E-state index >= 15 is 0 Å². The van der Waals surface area contributed by atoms with Crippen LogP contribution in [0.5, 0.6) is 0 Å². The van der Waals surface area contributed by atoms with Gasteiger partial charge in [0, 0.05) is 15.1 Å². The fourth-order valence-corrected chi connectivity index (χ4v) is 2.47. The zero-order valence-electron chi connectivity index (χ0n) is 9.18. The van der Waals surface area contributed by atoms with Gasteiger partial charge >= 0.3 is 0 Å². The van der Waals surface area contributed by atoms with Crippen LogP contribution in [0.2, 0.25) is 5.02 Å². The Morgan fingerprint density at radius 1 is 1.05 bits per heavy atom. The first kappa shape index (κ1) is 14.6. The normalized spacial score (nSPS) is 10.6. The van der Waals surface area contributed by atoms with Crippen molar-refractivity contribution in [3.05, 3.63) is 67.1 Å². The van der Waals surface area contributed by atoms with Crippen molar-refractivity contribution < 1.29 is 13.6 Å². The van der Waals surface area contributed by atoms with E-state index in [9.17, 15) is 13.6 Å². The van der Waals surface area contributed by atoms with Crippen LogP contribution in [0.4, 0.5) is 8.78 Å². The van der Waals surface area contributed by atoms with Gasteiger partial charge in [0.05, 0.1) is 10.0 Å². The van der Waals surface area contributed by atoms with Crippen LogP contribution in [0.1, 0.15) is 15.9 Å². The Morgan fingerprint density at radius 2 is 1.68 bits per heavy atom. The molecule has 19 heavy (non-hydrogen) atoms. The van der Waals surface area contributed by atoms with Gasteiger partial charge in [0.25, 0.3) is 0 Å². The molecule has 0 saturated heterocycles. The van der Waals surface area contributed by atoms with Crippen molar-refractivity contribution in [3.63, 3.8) is 0 Å². The monoisotopic (exact) mass is 408 g/mol. The zero-order chi connectivity index (χ0) is 14.2. The summed E-state index contributed by atoms with van der Waals surface area (Å²) in [5, 5.41) is 0.308. The summed E-state index contributed by atoms with van der Waals surface area (Å²) in [7, 11) is 0. The minimum Gasteiger partial charge on any atom is -0.288 e. The molecule has 0 spiro atoms. The van der Waals surface area contributed by atoms with Crippen molar-refractivity contribution >= 4 is 49.2 Å². The average molecular weight is 410 g/mol. The van der Waals surface area contributed by atoms with E-state index in [0.717, 1.165) is 6.07 Å². The molecule has 0 heterocycles. The average Bonchev–Trinajstić information content (AvgIpc) is 2.37. The van der Waals surface area contributed by atoms with E-state index in [0.29, 0.717) is 9.50 Å². The highest BCUT2D eigenvalue weighted by Gasteiger charge is 2.22. The van der Waals surface area contributed by atoms with E-state index < -0.39 is 23.0 Å². The quantitative estimate of drug-likeness (QED) is 0.480. The standard InChI is InChI=1S/C13H5Br2ClF2O/c14-8-2-1-6(16)5-7(8)13(19)11-10(17)4-3-9(15)12(11)18/h1-5H. The first-order valence-corrected chi connectivity index (χ1v) is 7.01. The van der Waals surface area contributed by atoms with Crippen molar-refractivity contribution in [1.29, 1.82) is 0 Å². The van der Waals surface area contributed by atoms with Crippen molar-refractivity contribution in [2.75, 3.05) is 0 Å². The van der Waals surface area contributed by atoms with E-state index in [1.807, 2.05) is 0 Å². The molecule has 2 aromatic carbocycles. The SMILES string of the molecule is O=C(c1cc(Cl)ccc1Br)c1c(F)ccc(Br)c1F. The van der Waals surface area contributed by atoms with Gasteiger partial charge in [0.2, 0.25) is 0 Å². The third kappa shape index (κ3) is 2.88. The minimum absolute atomic E-state index is 0.0235. The van der Waals surface area contributed by atoms with E-state index in [4.69, 9.17) is 11.6 Å². The van der Waals surface area contributed by atoms with E-state index in [1.165, 1.54) is 12.1 Å². The molecule has 0 fully saturated rings. The van der Waals surface area contributed by atoms with Gasteiger partial charge in [-0.3, -0.25) is 4.79 Å². The number of carbonyl (C=O) groups excluding carboxylic acids is 1. The molecular formula is C13H5Br2ClF2O. The number of benzene rings is 2. The Kier molecular flexibility index (Phi) is 4.38.